The largest absolute Gasteiger partial charge is 0.466 e. The molecule has 0 radical (unpaired) electrons. The molecule has 1 aliphatic heterocycles. The molecule has 1 unspecified atom stereocenters. The van der Waals surface area contributed by atoms with Crippen molar-refractivity contribution in [2.45, 2.75) is 5.92 Å². The number of anilines is 1. The van der Waals surface area contributed by atoms with Crippen LogP contribution in [0.4, 0.5) is 11.4 Å². The first kappa shape index (κ1) is 26.4. The van der Waals surface area contributed by atoms with E-state index in [9.17, 15) is 25.0 Å². The van der Waals surface area contributed by atoms with Gasteiger partial charge in [0.1, 0.15) is 23.0 Å². The summed E-state index contributed by atoms with van der Waals surface area (Å²) in [5.41, 5.74) is 5.82. The Morgan fingerprint density at radius 2 is 1.77 bits per heavy atom. The smallest absolute Gasteiger partial charge is 0.355 e. The highest BCUT2D eigenvalue weighted by atomic mass is 16.6. The molecule has 1 atom stereocenters. The van der Waals surface area contributed by atoms with E-state index in [4.69, 9.17) is 19.9 Å². The van der Waals surface area contributed by atoms with Crippen LogP contribution in [0.2, 0.25) is 0 Å². The number of hydrogen-bond acceptors (Lipinski definition) is 11. The Morgan fingerprint density at radius 1 is 1.05 bits per heavy atom. The van der Waals surface area contributed by atoms with Gasteiger partial charge in [0, 0.05) is 18.3 Å². The summed E-state index contributed by atoms with van der Waals surface area (Å²) in [5, 5.41) is 22.0. The third kappa shape index (κ3) is 5.09. The molecule has 2 N–H and O–H groups in total. The van der Waals surface area contributed by atoms with Crippen LogP contribution in [0.15, 0.2) is 95.7 Å². The van der Waals surface area contributed by atoms with Crippen LogP contribution in [0.5, 0.6) is 11.5 Å². The number of nitro groups is 1. The van der Waals surface area contributed by atoms with E-state index in [1.54, 1.807) is 42.5 Å². The molecule has 3 aromatic rings. The number of carbonyl (C=O) groups excluding carboxylic acids is 2. The second-order valence-corrected chi connectivity index (χ2v) is 8.07. The minimum absolute atomic E-state index is 0.00697. The molecule has 0 fully saturated rings. The number of nitrogens with two attached hydrogens (primary N) is 1. The molecule has 0 bridgehead atoms. The number of esters is 2. The zero-order valence-electron chi connectivity index (χ0n) is 20.7. The summed E-state index contributed by atoms with van der Waals surface area (Å²) in [6, 6.07) is 17.3. The van der Waals surface area contributed by atoms with Crippen LogP contribution in [-0.4, -0.2) is 36.1 Å². The Balaban J connectivity index is 2.03. The summed E-state index contributed by atoms with van der Waals surface area (Å²) >= 11 is 0. The number of aromatic nitrogens is 1. The Kier molecular flexibility index (Phi) is 7.53. The lowest BCUT2D eigenvalue weighted by atomic mass is 9.81. The molecule has 4 rings (SSSR count). The van der Waals surface area contributed by atoms with Gasteiger partial charge in [-0.15, -0.1) is 0 Å². The van der Waals surface area contributed by atoms with E-state index >= 15 is 0 Å². The van der Waals surface area contributed by atoms with Gasteiger partial charge in [-0.05, 0) is 17.7 Å². The average Bonchev–Trinajstić information content (AvgIpc) is 2.96. The van der Waals surface area contributed by atoms with Gasteiger partial charge in [-0.2, -0.15) is 5.26 Å². The van der Waals surface area contributed by atoms with Crippen LogP contribution < -0.4 is 15.4 Å². The quantitative estimate of drug-likeness (QED) is 0.270. The Bertz CT molecular complexity index is 1550. The molecule has 12 nitrogen and oxygen atoms in total. The van der Waals surface area contributed by atoms with Gasteiger partial charge in [0.25, 0.3) is 5.69 Å². The van der Waals surface area contributed by atoms with Crippen LogP contribution in [0.3, 0.4) is 0 Å². The fraction of sp³-hybridized carbons (Fsp3) is 0.111. The van der Waals surface area contributed by atoms with Crippen molar-refractivity contribution in [2.24, 2.45) is 5.73 Å². The van der Waals surface area contributed by atoms with Gasteiger partial charge in [0.2, 0.25) is 0 Å². The molecule has 12 heteroatoms. The highest BCUT2D eigenvalue weighted by Gasteiger charge is 2.43. The van der Waals surface area contributed by atoms with E-state index in [0.29, 0.717) is 5.56 Å². The number of ether oxygens (including phenoxy) is 3. The molecule has 0 spiro atoms. The van der Waals surface area contributed by atoms with Gasteiger partial charge in [0.15, 0.2) is 0 Å². The number of rotatable bonds is 7. The number of carbonyl (C=O) groups is 2. The van der Waals surface area contributed by atoms with Gasteiger partial charge in [-0.1, -0.05) is 30.3 Å². The molecule has 2 heterocycles. The maximum absolute atomic E-state index is 13.2. The molecule has 0 saturated carbocycles. The van der Waals surface area contributed by atoms with Gasteiger partial charge in [-0.25, -0.2) is 9.59 Å². The van der Waals surface area contributed by atoms with E-state index in [-0.39, 0.29) is 39.9 Å². The number of benzene rings is 2. The van der Waals surface area contributed by atoms with E-state index in [1.807, 2.05) is 6.07 Å². The first-order valence-electron chi connectivity index (χ1n) is 11.3. The van der Waals surface area contributed by atoms with Crippen molar-refractivity contribution in [1.29, 1.82) is 5.26 Å². The number of non-ortho nitro benzene ring substituents is 1. The first-order valence-corrected chi connectivity index (χ1v) is 11.3. The number of nitro benzene ring substituents is 1. The molecule has 1 aromatic heterocycles. The molecule has 2 aromatic carbocycles. The third-order valence-corrected chi connectivity index (χ3v) is 5.83. The highest BCUT2D eigenvalue weighted by Crippen LogP contribution is 2.44. The van der Waals surface area contributed by atoms with Gasteiger partial charge >= 0.3 is 11.9 Å². The van der Waals surface area contributed by atoms with Gasteiger partial charge in [0.05, 0.1) is 60.2 Å². The summed E-state index contributed by atoms with van der Waals surface area (Å²) in [4.78, 5) is 42.6. The Morgan fingerprint density at radius 3 is 2.36 bits per heavy atom. The van der Waals surface area contributed by atoms with Gasteiger partial charge < -0.3 is 19.9 Å². The number of nitriles is 1. The third-order valence-electron chi connectivity index (χ3n) is 5.83. The standard InChI is InChI=1S/C27H21N5O7/c1-37-26(33)23-22(16-7-4-3-5-8-16)21(14-28)25(29)31(24(23)27(34)38-2)17-11-18(32(35)36)13-20(12-17)39-19-9-6-10-30-15-19/h3-13,15,22H,29H2,1-2H3. The second-order valence-electron chi connectivity index (χ2n) is 8.07. The molecule has 39 heavy (non-hydrogen) atoms. The van der Waals surface area contributed by atoms with Crippen molar-refractivity contribution < 1.29 is 28.7 Å². The predicted molar refractivity (Wildman–Crippen MR) is 137 cm³/mol. The summed E-state index contributed by atoms with van der Waals surface area (Å²) in [5.74, 6) is -2.95. The highest BCUT2D eigenvalue weighted by molar-refractivity contribution is 6.06. The summed E-state index contributed by atoms with van der Waals surface area (Å²) < 4.78 is 15.7. The molecule has 0 saturated heterocycles. The van der Waals surface area contributed by atoms with Crippen molar-refractivity contribution in [3.8, 4) is 17.6 Å². The summed E-state index contributed by atoms with van der Waals surface area (Å²) in [6.45, 7) is 0. The fourth-order valence-corrected chi connectivity index (χ4v) is 4.19. The van der Waals surface area contributed by atoms with Crippen LogP contribution in [0, 0.1) is 21.4 Å². The molecule has 0 aliphatic carbocycles. The Labute approximate surface area is 222 Å². The summed E-state index contributed by atoms with van der Waals surface area (Å²) in [6.07, 6.45) is 2.93. The first-order chi connectivity index (χ1) is 18.8. The molecular weight excluding hydrogens is 506 g/mol. The average molecular weight is 527 g/mol. The molecular formula is C27H21N5O7. The van der Waals surface area contributed by atoms with Crippen LogP contribution in [0.1, 0.15) is 11.5 Å². The molecule has 1 aliphatic rings. The van der Waals surface area contributed by atoms with E-state index in [1.165, 1.54) is 24.5 Å². The van der Waals surface area contributed by atoms with Crippen molar-refractivity contribution in [3.63, 3.8) is 0 Å². The maximum Gasteiger partial charge on any atom is 0.355 e. The van der Waals surface area contributed by atoms with Crippen LogP contribution in [-0.2, 0) is 19.1 Å². The van der Waals surface area contributed by atoms with Crippen molar-refractivity contribution in [1.82, 2.24) is 4.98 Å². The number of nitrogens with zero attached hydrogens (tertiary/aromatic N) is 4. The fourth-order valence-electron chi connectivity index (χ4n) is 4.19. The van der Waals surface area contributed by atoms with E-state index in [2.05, 4.69) is 4.98 Å². The van der Waals surface area contributed by atoms with E-state index < -0.39 is 28.5 Å². The van der Waals surface area contributed by atoms with Crippen molar-refractivity contribution in [2.75, 3.05) is 19.1 Å². The SMILES string of the molecule is COC(=O)C1=C(C(=O)OC)N(c2cc(Oc3cccnc3)cc([N+](=O)[O-])c2)C(N)=C(C#N)C1c1ccccc1. The monoisotopic (exact) mass is 527 g/mol. The second kappa shape index (κ2) is 11.1. The summed E-state index contributed by atoms with van der Waals surface area (Å²) in [7, 11) is 2.22. The lowest BCUT2D eigenvalue weighted by Gasteiger charge is -2.35. The topological polar surface area (TPSA) is 171 Å². The van der Waals surface area contributed by atoms with Gasteiger partial charge in [-0.3, -0.25) is 20.0 Å². The number of hydrogen-bond donors (Lipinski definition) is 1. The van der Waals surface area contributed by atoms with Crippen molar-refractivity contribution in [3.05, 3.63) is 111 Å². The predicted octanol–water partition coefficient (Wildman–Crippen LogP) is 3.68. The minimum Gasteiger partial charge on any atom is -0.466 e. The van der Waals surface area contributed by atoms with Crippen LogP contribution >= 0.6 is 0 Å². The lowest BCUT2D eigenvalue weighted by Crippen LogP contribution is -2.40. The molecule has 196 valence electrons. The normalized spacial score (nSPS) is 14.9. The zero-order valence-corrected chi connectivity index (χ0v) is 20.7. The van der Waals surface area contributed by atoms with Crippen molar-refractivity contribution >= 4 is 23.3 Å². The number of methoxy groups -OCH3 is 2. The number of allylic oxidation sites excluding steroid dienone is 1. The van der Waals surface area contributed by atoms with Crippen LogP contribution in [0.25, 0.3) is 0 Å². The lowest BCUT2D eigenvalue weighted by molar-refractivity contribution is -0.384. The molecule has 0 amide bonds. The Hall–Kier alpha value is -5.70. The zero-order chi connectivity index (χ0) is 28.1. The minimum atomic E-state index is -1.08. The number of pyridine rings is 1. The maximum atomic E-state index is 13.2. The van der Waals surface area contributed by atoms with E-state index in [0.717, 1.165) is 25.2 Å².